The molecule has 1 aromatic carbocycles. The quantitative estimate of drug-likeness (QED) is 0.661. The molecule has 0 bridgehead atoms. The number of hydrogen-bond donors (Lipinski definition) is 1. The highest BCUT2D eigenvalue weighted by Gasteiger charge is 2.35. The number of carbonyl (C=O) groups is 2. The van der Waals surface area contributed by atoms with Crippen molar-refractivity contribution in [2.75, 3.05) is 26.2 Å². The first-order chi connectivity index (χ1) is 13.5. The third-order valence-corrected chi connectivity index (χ3v) is 5.16. The largest absolute Gasteiger partial charge is 0.490 e. The molecule has 1 heterocycles. The Kier molecular flexibility index (Phi) is 7.31. The SMILES string of the molecule is CC(C)OCCCNC(=O)c1ccc(OC2CCN(C(=O)C3CC3)CC2)cc1. The summed E-state index contributed by atoms with van der Waals surface area (Å²) in [6, 6.07) is 7.28. The van der Waals surface area contributed by atoms with E-state index in [1.54, 1.807) is 12.1 Å². The first-order valence-corrected chi connectivity index (χ1v) is 10.5. The topological polar surface area (TPSA) is 67.9 Å². The average Bonchev–Trinajstić information content (AvgIpc) is 3.53. The van der Waals surface area contributed by atoms with Crippen LogP contribution in [0.3, 0.4) is 0 Å². The van der Waals surface area contributed by atoms with E-state index in [1.807, 2.05) is 30.9 Å². The zero-order valence-electron chi connectivity index (χ0n) is 17.0. The predicted octanol–water partition coefficient (Wildman–Crippen LogP) is 3.01. The van der Waals surface area contributed by atoms with Crippen LogP contribution in [0.5, 0.6) is 5.75 Å². The fourth-order valence-electron chi connectivity index (χ4n) is 3.36. The summed E-state index contributed by atoms with van der Waals surface area (Å²) in [5, 5.41) is 2.91. The Morgan fingerprint density at radius 2 is 1.79 bits per heavy atom. The number of nitrogens with zero attached hydrogens (tertiary/aromatic N) is 1. The number of amides is 2. The Morgan fingerprint density at radius 1 is 1.11 bits per heavy atom. The lowest BCUT2D eigenvalue weighted by molar-refractivity contribution is -0.134. The second-order valence-electron chi connectivity index (χ2n) is 7.97. The number of likely N-dealkylation sites (tertiary alicyclic amines) is 1. The van der Waals surface area contributed by atoms with E-state index < -0.39 is 0 Å². The van der Waals surface area contributed by atoms with Crippen molar-refractivity contribution in [3.05, 3.63) is 29.8 Å². The van der Waals surface area contributed by atoms with Crippen LogP contribution in [0.2, 0.25) is 0 Å². The summed E-state index contributed by atoms with van der Waals surface area (Å²) in [6.45, 7) is 6.80. The molecule has 1 saturated carbocycles. The lowest BCUT2D eigenvalue weighted by Crippen LogP contribution is -2.42. The molecule has 0 aromatic heterocycles. The van der Waals surface area contributed by atoms with Gasteiger partial charge in [0.15, 0.2) is 0 Å². The molecule has 0 radical (unpaired) electrons. The van der Waals surface area contributed by atoms with Gasteiger partial charge in [0.1, 0.15) is 11.9 Å². The molecule has 6 nitrogen and oxygen atoms in total. The zero-order chi connectivity index (χ0) is 19.9. The zero-order valence-corrected chi connectivity index (χ0v) is 17.0. The van der Waals surface area contributed by atoms with Gasteiger partial charge in [0.25, 0.3) is 5.91 Å². The van der Waals surface area contributed by atoms with E-state index in [0.29, 0.717) is 30.5 Å². The van der Waals surface area contributed by atoms with Crippen LogP contribution in [-0.2, 0) is 9.53 Å². The highest BCUT2D eigenvalue weighted by atomic mass is 16.5. The van der Waals surface area contributed by atoms with Crippen molar-refractivity contribution >= 4 is 11.8 Å². The minimum absolute atomic E-state index is 0.0806. The van der Waals surface area contributed by atoms with Gasteiger partial charge in [-0.2, -0.15) is 0 Å². The molecule has 0 spiro atoms. The van der Waals surface area contributed by atoms with Gasteiger partial charge in [-0.05, 0) is 57.4 Å². The molecule has 2 amide bonds. The van der Waals surface area contributed by atoms with Crippen LogP contribution in [-0.4, -0.2) is 55.2 Å². The molecule has 1 aromatic rings. The van der Waals surface area contributed by atoms with Gasteiger partial charge in [0.05, 0.1) is 6.10 Å². The molecule has 6 heteroatoms. The molecule has 0 atom stereocenters. The summed E-state index contributed by atoms with van der Waals surface area (Å²) in [4.78, 5) is 26.3. The normalized spacial score (nSPS) is 17.6. The van der Waals surface area contributed by atoms with E-state index in [9.17, 15) is 9.59 Å². The molecule has 3 rings (SSSR count). The summed E-state index contributed by atoms with van der Waals surface area (Å²) in [5.74, 6) is 1.31. The van der Waals surface area contributed by atoms with Crippen molar-refractivity contribution in [2.45, 2.75) is 58.2 Å². The first-order valence-electron chi connectivity index (χ1n) is 10.5. The van der Waals surface area contributed by atoms with E-state index in [4.69, 9.17) is 9.47 Å². The Balaban J connectivity index is 1.37. The van der Waals surface area contributed by atoms with E-state index in [1.165, 1.54) is 0 Å². The number of rotatable bonds is 9. The third kappa shape index (κ3) is 6.23. The van der Waals surface area contributed by atoms with Crippen molar-refractivity contribution in [3.63, 3.8) is 0 Å². The number of benzene rings is 1. The predicted molar refractivity (Wildman–Crippen MR) is 107 cm³/mol. The van der Waals surface area contributed by atoms with Gasteiger partial charge in [0.2, 0.25) is 5.91 Å². The molecule has 28 heavy (non-hydrogen) atoms. The van der Waals surface area contributed by atoms with Crippen molar-refractivity contribution < 1.29 is 19.1 Å². The van der Waals surface area contributed by atoms with Crippen LogP contribution in [0.25, 0.3) is 0 Å². The lowest BCUT2D eigenvalue weighted by Gasteiger charge is -2.32. The number of carbonyl (C=O) groups excluding carboxylic acids is 2. The Hall–Kier alpha value is -2.08. The first kappa shape index (κ1) is 20.6. The van der Waals surface area contributed by atoms with Gasteiger partial charge >= 0.3 is 0 Å². The molecule has 154 valence electrons. The Bertz CT molecular complexity index is 647. The van der Waals surface area contributed by atoms with Crippen LogP contribution in [0.15, 0.2) is 24.3 Å². The highest BCUT2D eigenvalue weighted by Crippen LogP contribution is 2.32. The van der Waals surface area contributed by atoms with Gasteiger partial charge in [-0.1, -0.05) is 0 Å². The standard InChI is InChI=1S/C22H32N2O4/c1-16(2)27-15-3-12-23-21(25)17-6-8-19(9-7-17)28-20-10-13-24(14-11-20)22(26)18-4-5-18/h6-9,16,18,20H,3-5,10-15H2,1-2H3,(H,23,25). The van der Waals surface area contributed by atoms with E-state index in [-0.39, 0.29) is 18.1 Å². The monoisotopic (exact) mass is 388 g/mol. The smallest absolute Gasteiger partial charge is 0.251 e. The van der Waals surface area contributed by atoms with E-state index in [0.717, 1.165) is 50.9 Å². The van der Waals surface area contributed by atoms with Gasteiger partial charge < -0.3 is 19.7 Å². The minimum Gasteiger partial charge on any atom is -0.490 e. The second kappa shape index (κ2) is 9.92. The minimum atomic E-state index is -0.0806. The summed E-state index contributed by atoms with van der Waals surface area (Å²) in [7, 11) is 0. The molecule has 2 aliphatic rings. The van der Waals surface area contributed by atoms with Crippen molar-refractivity contribution in [1.82, 2.24) is 10.2 Å². The molecule has 1 N–H and O–H groups in total. The maximum atomic E-state index is 12.2. The fraction of sp³-hybridized carbons (Fsp3) is 0.636. The summed E-state index contributed by atoms with van der Waals surface area (Å²) < 4.78 is 11.5. The molecular formula is C22H32N2O4. The molecular weight excluding hydrogens is 356 g/mol. The van der Waals surface area contributed by atoms with E-state index in [2.05, 4.69) is 5.32 Å². The van der Waals surface area contributed by atoms with Crippen LogP contribution >= 0.6 is 0 Å². The average molecular weight is 389 g/mol. The highest BCUT2D eigenvalue weighted by molar-refractivity contribution is 5.94. The van der Waals surface area contributed by atoms with Crippen LogP contribution in [0.4, 0.5) is 0 Å². The maximum Gasteiger partial charge on any atom is 0.251 e. The van der Waals surface area contributed by atoms with Gasteiger partial charge in [-0.25, -0.2) is 0 Å². The van der Waals surface area contributed by atoms with Crippen LogP contribution < -0.4 is 10.1 Å². The molecule has 1 aliphatic heterocycles. The molecule has 0 unspecified atom stereocenters. The van der Waals surface area contributed by atoms with Crippen molar-refractivity contribution in [1.29, 1.82) is 0 Å². The summed E-state index contributed by atoms with van der Waals surface area (Å²) in [5.41, 5.74) is 0.627. The van der Waals surface area contributed by atoms with E-state index >= 15 is 0 Å². The Labute approximate surface area is 167 Å². The van der Waals surface area contributed by atoms with Crippen molar-refractivity contribution in [3.8, 4) is 5.75 Å². The number of nitrogens with one attached hydrogen (secondary N) is 1. The Morgan fingerprint density at radius 3 is 2.39 bits per heavy atom. The number of hydrogen-bond acceptors (Lipinski definition) is 4. The maximum absolute atomic E-state index is 12.2. The number of piperidine rings is 1. The lowest BCUT2D eigenvalue weighted by atomic mass is 10.1. The summed E-state index contributed by atoms with van der Waals surface area (Å²) in [6.07, 6.45) is 4.98. The summed E-state index contributed by atoms with van der Waals surface area (Å²) >= 11 is 0. The van der Waals surface area contributed by atoms with Gasteiger partial charge in [-0.15, -0.1) is 0 Å². The fourth-order valence-corrected chi connectivity index (χ4v) is 3.36. The molecule has 1 saturated heterocycles. The molecule has 2 fully saturated rings. The van der Waals surface area contributed by atoms with Crippen LogP contribution in [0, 0.1) is 5.92 Å². The van der Waals surface area contributed by atoms with Crippen LogP contribution in [0.1, 0.15) is 56.3 Å². The molecule has 1 aliphatic carbocycles. The van der Waals surface area contributed by atoms with Gasteiger partial charge in [-0.3, -0.25) is 9.59 Å². The van der Waals surface area contributed by atoms with Crippen molar-refractivity contribution in [2.24, 2.45) is 5.92 Å². The third-order valence-electron chi connectivity index (χ3n) is 5.16. The number of ether oxygens (including phenoxy) is 2. The second-order valence-corrected chi connectivity index (χ2v) is 7.97. The van der Waals surface area contributed by atoms with Gasteiger partial charge in [0, 0.05) is 50.6 Å².